The van der Waals surface area contributed by atoms with Crippen LogP contribution in [0.25, 0.3) is 11.1 Å². The van der Waals surface area contributed by atoms with Gasteiger partial charge < -0.3 is 14.9 Å². The maximum Gasteiger partial charge on any atom is 0.123 e. The van der Waals surface area contributed by atoms with Crippen molar-refractivity contribution in [2.75, 3.05) is 26.2 Å². The molecule has 1 heterocycles. The number of phenolic OH excluding ortho intramolecular Hbond substituents is 2. The fraction of sp³-hybridized carbons (Fsp3) is 0.333. The Morgan fingerprint density at radius 1 is 0.774 bits per heavy atom. The van der Waals surface area contributed by atoms with Crippen LogP contribution in [0.15, 0.2) is 66.7 Å². The summed E-state index contributed by atoms with van der Waals surface area (Å²) in [5.74, 6) is 1.40. The molecule has 0 radical (unpaired) electrons. The Balaban J connectivity index is 1.40. The van der Waals surface area contributed by atoms with Crippen LogP contribution in [0.4, 0.5) is 0 Å². The quantitative estimate of drug-likeness (QED) is 0.514. The Kier molecular flexibility index (Phi) is 7.11. The number of hydrogen-bond donors (Lipinski definition) is 2. The maximum absolute atomic E-state index is 10.5. The standard InChI is InChI=1S/C27H31NO3/c29-24-12-9-21(10-13-24)7-8-22-11-14-27(30)26(19-22)23-5-4-6-25(20-23)31-18-17-28-15-2-1-3-16-28/h4-6,9-14,19-20,29-30H,1-3,7-8,15-18H2. The molecule has 31 heavy (non-hydrogen) atoms. The summed E-state index contributed by atoms with van der Waals surface area (Å²) in [5.41, 5.74) is 4.12. The van der Waals surface area contributed by atoms with Gasteiger partial charge in [0.25, 0.3) is 0 Å². The lowest BCUT2D eigenvalue weighted by atomic mass is 9.98. The lowest BCUT2D eigenvalue weighted by Gasteiger charge is -2.26. The lowest BCUT2D eigenvalue weighted by molar-refractivity contribution is 0.183. The highest BCUT2D eigenvalue weighted by Gasteiger charge is 2.11. The molecule has 3 aromatic rings. The highest BCUT2D eigenvalue weighted by molar-refractivity contribution is 5.72. The number of hydrogen-bond acceptors (Lipinski definition) is 4. The predicted molar refractivity (Wildman–Crippen MR) is 125 cm³/mol. The van der Waals surface area contributed by atoms with Gasteiger partial charge >= 0.3 is 0 Å². The number of rotatable bonds is 8. The molecule has 0 unspecified atom stereocenters. The van der Waals surface area contributed by atoms with Crippen molar-refractivity contribution < 1.29 is 14.9 Å². The molecule has 0 aliphatic carbocycles. The summed E-state index contributed by atoms with van der Waals surface area (Å²) in [6, 6.07) is 21.1. The minimum absolute atomic E-state index is 0.277. The monoisotopic (exact) mass is 417 g/mol. The second-order valence-electron chi connectivity index (χ2n) is 8.30. The molecule has 1 aliphatic rings. The zero-order valence-corrected chi connectivity index (χ0v) is 18.0. The van der Waals surface area contributed by atoms with E-state index in [0.29, 0.717) is 6.61 Å². The van der Waals surface area contributed by atoms with Crippen molar-refractivity contribution in [1.29, 1.82) is 0 Å². The molecule has 0 amide bonds. The van der Waals surface area contributed by atoms with Crippen molar-refractivity contribution in [3.05, 3.63) is 77.9 Å². The van der Waals surface area contributed by atoms with Crippen molar-refractivity contribution in [2.45, 2.75) is 32.1 Å². The van der Waals surface area contributed by atoms with E-state index in [1.54, 1.807) is 18.2 Å². The molecule has 1 aliphatic heterocycles. The smallest absolute Gasteiger partial charge is 0.123 e. The first-order valence-corrected chi connectivity index (χ1v) is 11.2. The topological polar surface area (TPSA) is 52.9 Å². The zero-order chi connectivity index (χ0) is 21.5. The van der Waals surface area contributed by atoms with E-state index in [0.717, 1.165) is 41.8 Å². The molecule has 0 aromatic heterocycles. The van der Waals surface area contributed by atoms with Crippen LogP contribution in [0.3, 0.4) is 0 Å². The SMILES string of the molecule is Oc1ccc(CCc2ccc(O)c(-c3cccc(OCCN4CCCCC4)c3)c2)cc1. The van der Waals surface area contributed by atoms with Gasteiger partial charge in [-0.2, -0.15) is 0 Å². The summed E-state index contributed by atoms with van der Waals surface area (Å²) in [5, 5.41) is 19.9. The maximum atomic E-state index is 10.5. The van der Waals surface area contributed by atoms with E-state index >= 15 is 0 Å². The van der Waals surface area contributed by atoms with E-state index in [2.05, 4.69) is 11.0 Å². The van der Waals surface area contributed by atoms with Gasteiger partial charge in [0.1, 0.15) is 23.9 Å². The molecule has 2 N–H and O–H groups in total. The normalized spacial score (nSPS) is 14.5. The Morgan fingerprint density at radius 3 is 2.32 bits per heavy atom. The predicted octanol–water partition coefficient (Wildman–Crippen LogP) is 5.41. The van der Waals surface area contributed by atoms with Gasteiger partial charge in [-0.15, -0.1) is 0 Å². The first-order valence-electron chi connectivity index (χ1n) is 11.2. The van der Waals surface area contributed by atoms with Gasteiger partial charge in [-0.3, -0.25) is 4.90 Å². The summed E-state index contributed by atoms with van der Waals surface area (Å²) in [6.45, 7) is 3.99. The van der Waals surface area contributed by atoms with Crippen molar-refractivity contribution in [3.8, 4) is 28.4 Å². The Hall–Kier alpha value is -2.98. The fourth-order valence-corrected chi connectivity index (χ4v) is 4.15. The molecule has 0 saturated carbocycles. The van der Waals surface area contributed by atoms with Crippen LogP contribution < -0.4 is 4.74 Å². The fourth-order valence-electron chi connectivity index (χ4n) is 4.15. The minimum atomic E-state index is 0.277. The van der Waals surface area contributed by atoms with Crippen LogP contribution in [-0.4, -0.2) is 41.4 Å². The van der Waals surface area contributed by atoms with Gasteiger partial charge in [0, 0.05) is 12.1 Å². The Morgan fingerprint density at radius 2 is 1.52 bits per heavy atom. The first kappa shape index (κ1) is 21.3. The van der Waals surface area contributed by atoms with E-state index in [4.69, 9.17) is 4.74 Å². The van der Waals surface area contributed by atoms with E-state index in [1.165, 1.54) is 37.9 Å². The third-order valence-corrected chi connectivity index (χ3v) is 5.97. The number of ether oxygens (including phenoxy) is 1. The van der Waals surface area contributed by atoms with Crippen molar-refractivity contribution in [2.24, 2.45) is 0 Å². The Bertz CT molecular complexity index is 978. The third kappa shape index (κ3) is 6.02. The van der Waals surface area contributed by atoms with Crippen LogP contribution in [0, 0.1) is 0 Å². The summed E-state index contributed by atoms with van der Waals surface area (Å²) in [4.78, 5) is 2.47. The molecule has 0 atom stereocenters. The van der Waals surface area contributed by atoms with Crippen LogP contribution >= 0.6 is 0 Å². The molecule has 4 nitrogen and oxygen atoms in total. The van der Waals surface area contributed by atoms with Crippen LogP contribution in [0.1, 0.15) is 30.4 Å². The summed E-state index contributed by atoms with van der Waals surface area (Å²) in [6.07, 6.45) is 5.67. The number of phenols is 2. The van der Waals surface area contributed by atoms with Crippen molar-refractivity contribution in [1.82, 2.24) is 4.90 Å². The number of piperidine rings is 1. The zero-order valence-electron chi connectivity index (χ0n) is 18.0. The summed E-state index contributed by atoms with van der Waals surface area (Å²) in [7, 11) is 0. The van der Waals surface area contributed by atoms with Gasteiger partial charge in [0.05, 0.1) is 0 Å². The third-order valence-electron chi connectivity index (χ3n) is 5.97. The summed E-state index contributed by atoms with van der Waals surface area (Å²) < 4.78 is 6.01. The molecule has 0 bridgehead atoms. The molecule has 4 rings (SSSR count). The molecule has 1 saturated heterocycles. The number of nitrogens with zero attached hydrogens (tertiary/aromatic N) is 1. The number of aryl methyl sites for hydroxylation is 2. The number of aromatic hydroxyl groups is 2. The van der Waals surface area contributed by atoms with E-state index in [9.17, 15) is 10.2 Å². The van der Waals surface area contributed by atoms with E-state index in [-0.39, 0.29) is 11.5 Å². The highest BCUT2D eigenvalue weighted by Crippen LogP contribution is 2.32. The molecule has 3 aromatic carbocycles. The van der Waals surface area contributed by atoms with Gasteiger partial charge in [0.15, 0.2) is 0 Å². The minimum Gasteiger partial charge on any atom is -0.508 e. The number of benzene rings is 3. The van der Waals surface area contributed by atoms with Crippen LogP contribution in [-0.2, 0) is 12.8 Å². The number of likely N-dealkylation sites (tertiary alicyclic amines) is 1. The second kappa shape index (κ2) is 10.4. The molecule has 1 fully saturated rings. The van der Waals surface area contributed by atoms with E-state index < -0.39 is 0 Å². The van der Waals surface area contributed by atoms with Crippen molar-refractivity contribution >= 4 is 0 Å². The van der Waals surface area contributed by atoms with Gasteiger partial charge in [-0.05, 0) is 91.9 Å². The molecular weight excluding hydrogens is 386 g/mol. The first-order chi connectivity index (χ1) is 15.2. The second-order valence-corrected chi connectivity index (χ2v) is 8.30. The Labute approximate surface area is 184 Å². The van der Waals surface area contributed by atoms with E-state index in [1.807, 2.05) is 42.5 Å². The summed E-state index contributed by atoms with van der Waals surface area (Å²) >= 11 is 0. The average molecular weight is 418 g/mol. The molecule has 4 heteroatoms. The van der Waals surface area contributed by atoms with Crippen LogP contribution in [0.5, 0.6) is 17.2 Å². The molecule has 0 spiro atoms. The van der Waals surface area contributed by atoms with Gasteiger partial charge in [0.2, 0.25) is 0 Å². The average Bonchev–Trinajstić information content (AvgIpc) is 2.80. The lowest BCUT2D eigenvalue weighted by Crippen LogP contribution is -2.33. The van der Waals surface area contributed by atoms with Crippen molar-refractivity contribution in [3.63, 3.8) is 0 Å². The largest absolute Gasteiger partial charge is 0.508 e. The van der Waals surface area contributed by atoms with Gasteiger partial charge in [-0.25, -0.2) is 0 Å². The molecular formula is C27H31NO3. The van der Waals surface area contributed by atoms with Gasteiger partial charge in [-0.1, -0.05) is 36.8 Å². The van der Waals surface area contributed by atoms with Crippen LogP contribution in [0.2, 0.25) is 0 Å². The highest BCUT2D eigenvalue weighted by atomic mass is 16.5. The molecule has 162 valence electrons.